The standard InChI is InChI=1S/C24H23ClFN3O5S/c1-29-21(30)24(28-22(29)27,16-7-5-9-18(13-16)34-35(3,31)32)23(25)11-10-20(26)19(14-23)15-6-4-8-17(12-15)33-2/h4-13H,14H2,1-3H3,(H2,27,28). The van der Waals surface area contributed by atoms with Gasteiger partial charge in [0.2, 0.25) is 0 Å². The molecule has 1 aliphatic heterocycles. The molecule has 2 atom stereocenters. The van der Waals surface area contributed by atoms with Crippen LogP contribution in [0, 0.1) is 0 Å². The van der Waals surface area contributed by atoms with E-state index in [4.69, 9.17) is 26.3 Å². The zero-order valence-corrected chi connectivity index (χ0v) is 20.7. The molecule has 2 unspecified atom stereocenters. The monoisotopic (exact) mass is 519 g/mol. The highest BCUT2D eigenvalue weighted by atomic mass is 35.5. The van der Waals surface area contributed by atoms with Gasteiger partial charge in [0.15, 0.2) is 11.5 Å². The highest BCUT2D eigenvalue weighted by Gasteiger charge is 2.61. The van der Waals surface area contributed by atoms with E-state index in [0.717, 1.165) is 11.2 Å². The lowest BCUT2D eigenvalue weighted by molar-refractivity contribution is -0.131. The molecule has 0 bridgehead atoms. The molecule has 0 spiro atoms. The summed E-state index contributed by atoms with van der Waals surface area (Å²) in [5, 5.41) is 0. The van der Waals surface area contributed by atoms with Crippen LogP contribution in [-0.4, -0.2) is 50.5 Å². The lowest BCUT2D eigenvalue weighted by Gasteiger charge is -2.41. The molecule has 35 heavy (non-hydrogen) atoms. The number of ether oxygens (including phenoxy) is 1. The van der Waals surface area contributed by atoms with E-state index in [2.05, 4.69) is 4.99 Å². The van der Waals surface area contributed by atoms with Crippen molar-refractivity contribution in [3.05, 3.63) is 77.6 Å². The predicted octanol–water partition coefficient (Wildman–Crippen LogP) is 3.33. The fourth-order valence-electron chi connectivity index (χ4n) is 4.29. The van der Waals surface area contributed by atoms with Crippen molar-refractivity contribution in [1.29, 1.82) is 0 Å². The van der Waals surface area contributed by atoms with Crippen LogP contribution in [0.2, 0.25) is 0 Å². The summed E-state index contributed by atoms with van der Waals surface area (Å²) in [5.41, 5.74) is 5.23. The third-order valence-electron chi connectivity index (χ3n) is 5.98. The molecule has 1 amide bonds. The SMILES string of the molecule is COc1cccc(C2=C(F)C=CC(Cl)(C3(c4cccc(OS(C)(=O)=O)c4)N=C(N)N(C)C3=O)C2)c1. The first kappa shape index (κ1) is 24.7. The topological polar surface area (TPSA) is 111 Å². The quantitative estimate of drug-likeness (QED) is 0.463. The Kier molecular flexibility index (Phi) is 6.14. The zero-order valence-electron chi connectivity index (χ0n) is 19.2. The van der Waals surface area contributed by atoms with Crippen molar-refractivity contribution >= 4 is 39.2 Å². The second kappa shape index (κ2) is 8.69. The number of hydrogen-bond acceptors (Lipinski definition) is 7. The molecule has 4 rings (SSSR count). The number of rotatable bonds is 6. The summed E-state index contributed by atoms with van der Waals surface area (Å²) in [5.74, 6) is -0.670. The summed E-state index contributed by atoms with van der Waals surface area (Å²) in [6.07, 6.45) is 3.35. The first-order chi connectivity index (χ1) is 16.4. The minimum Gasteiger partial charge on any atom is -0.497 e. The van der Waals surface area contributed by atoms with E-state index in [1.54, 1.807) is 30.3 Å². The number of halogens is 2. The summed E-state index contributed by atoms with van der Waals surface area (Å²) in [6.45, 7) is 0. The van der Waals surface area contributed by atoms with Crippen LogP contribution in [0.1, 0.15) is 17.5 Å². The number of amides is 1. The molecule has 2 N–H and O–H groups in total. The third kappa shape index (κ3) is 4.28. The molecule has 0 radical (unpaired) electrons. The van der Waals surface area contributed by atoms with E-state index in [0.29, 0.717) is 11.3 Å². The molecule has 0 fully saturated rings. The number of carbonyl (C=O) groups is 1. The van der Waals surface area contributed by atoms with Gasteiger partial charge in [-0.3, -0.25) is 9.69 Å². The van der Waals surface area contributed by atoms with E-state index < -0.39 is 32.3 Å². The minimum atomic E-state index is -3.84. The molecular formula is C24H23ClFN3O5S. The number of nitrogens with zero attached hydrogens (tertiary/aromatic N) is 2. The van der Waals surface area contributed by atoms with Crippen LogP contribution in [0.3, 0.4) is 0 Å². The van der Waals surface area contributed by atoms with Crippen LogP contribution in [0.25, 0.3) is 5.57 Å². The number of guanidine groups is 1. The lowest BCUT2D eigenvalue weighted by Crippen LogP contribution is -2.53. The first-order valence-electron chi connectivity index (χ1n) is 10.4. The molecule has 0 saturated carbocycles. The first-order valence-corrected chi connectivity index (χ1v) is 12.6. The Morgan fingerprint density at radius 2 is 1.86 bits per heavy atom. The Labute approximate surface area is 207 Å². The van der Waals surface area contributed by atoms with Crippen LogP contribution in [0.4, 0.5) is 4.39 Å². The molecule has 8 nitrogen and oxygen atoms in total. The molecule has 2 aromatic carbocycles. The van der Waals surface area contributed by atoms with Gasteiger partial charge in [-0.25, -0.2) is 9.38 Å². The molecule has 11 heteroatoms. The average Bonchev–Trinajstić information content (AvgIpc) is 3.05. The van der Waals surface area contributed by atoms with Crippen molar-refractivity contribution in [2.75, 3.05) is 20.4 Å². The maximum absolute atomic E-state index is 15.1. The van der Waals surface area contributed by atoms with Crippen LogP contribution in [-0.2, 0) is 20.5 Å². The molecule has 2 aromatic rings. The fourth-order valence-corrected chi connectivity index (χ4v) is 5.18. The van der Waals surface area contributed by atoms with Crippen LogP contribution in [0.15, 0.2) is 71.5 Å². The van der Waals surface area contributed by atoms with E-state index in [-0.39, 0.29) is 29.3 Å². The number of carbonyl (C=O) groups excluding carboxylic acids is 1. The number of alkyl halides is 1. The van der Waals surface area contributed by atoms with Gasteiger partial charge < -0.3 is 14.7 Å². The smallest absolute Gasteiger partial charge is 0.306 e. The summed E-state index contributed by atoms with van der Waals surface area (Å²) in [4.78, 5) is 17.7. The van der Waals surface area contributed by atoms with Gasteiger partial charge in [-0.05, 0) is 47.0 Å². The van der Waals surface area contributed by atoms with Gasteiger partial charge in [0.25, 0.3) is 5.91 Å². The number of methoxy groups -OCH3 is 1. The van der Waals surface area contributed by atoms with Crippen molar-refractivity contribution in [2.24, 2.45) is 10.7 Å². The van der Waals surface area contributed by atoms with Crippen molar-refractivity contribution in [3.63, 3.8) is 0 Å². The predicted molar refractivity (Wildman–Crippen MR) is 131 cm³/mol. The molecule has 0 aromatic heterocycles. The van der Waals surface area contributed by atoms with Crippen LogP contribution in [0.5, 0.6) is 11.5 Å². The summed E-state index contributed by atoms with van der Waals surface area (Å²) in [6, 6.07) is 12.7. The summed E-state index contributed by atoms with van der Waals surface area (Å²) < 4.78 is 48.7. The van der Waals surface area contributed by atoms with Crippen LogP contribution >= 0.6 is 11.6 Å². The third-order valence-corrected chi connectivity index (χ3v) is 7.00. The van der Waals surface area contributed by atoms with Gasteiger partial charge in [-0.2, -0.15) is 8.42 Å². The highest BCUT2D eigenvalue weighted by molar-refractivity contribution is 7.86. The number of nitrogens with two attached hydrogens (primary N) is 1. The van der Waals surface area contributed by atoms with E-state index in [1.165, 1.54) is 44.5 Å². The Bertz CT molecular complexity index is 1410. The number of aliphatic imine (C=N–C) groups is 1. The molecule has 2 aliphatic rings. The van der Waals surface area contributed by atoms with Gasteiger partial charge in [0.1, 0.15) is 22.2 Å². The van der Waals surface area contributed by atoms with Gasteiger partial charge in [0, 0.05) is 13.5 Å². The fraction of sp³-hybridized carbons (Fsp3) is 0.250. The minimum absolute atomic E-state index is 0.0321. The number of likely N-dealkylation sites (N-methyl/N-ethyl adjacent to an activating group) is 1. The van der Waals surface area contributed by atoms with Gasteiger partial charge in [-0.15, -0.1) is 11.6 Å². The van der Waals surface area contributed by atoms with Crippen molar-refractivity contribution in [3.8, 4) is 11.5 Å². The van der Waals surface area contributed by atoms with E-state index in [9.17, 15) is 13.2 Å². The highest BCUT2D eigenvalue weighted by Crippen LogP contribution is 2.53. The number of hydrogen-bond donors (Lipinski definition) is 1. The van der Waals surface area contributed by atoms with Gasteiger partial charge in [-0.1, -0.05) is 30.3 Å². The maximum Gasteiger partial charge on any atom is 0.306 e. The van der Waals surface area contributed by atoms with Gasteiger partial charge >= 0.3 is 10.1 Å². The number of allylic oxidation sites excluding steroid dienone is 3. The molecule has 1 heterocycles. The number of benzene rings is 2. The molecular weight excluding hydrogens is 497 g/mol. The zero-order chi connectivity index (χ0) is 25.6. The maximum atomic E-state index is 15.1. The van der Waals surface area contributed by atoms with Crippen molar-refractivity contribution < 1.29 is 26.5 Å². The Balaban J connectivity index is 1.88. The summed E-state index contributed by atoms with van der Waals surface area (Å²) in [7, 11) is -0.891. The Morgan fingerprint density at radius 1 is 1.17 bits per heavy atom. The largest absolute Gasteiger partial charge is 0.497 e. The van der Waals surface area contributed by atoms with Crippen molar-refractivity contribution in [2.45, 2.75) is 16.8 Å². The molecule has 184 valence electrons. The molecule has 1 aliphatic carbocycles. The summed E-state index contributed by atoms with van der Waals surface area (Å²) >= 11 is 7.18. The lowest BCUT2D eigenvalue weighted by atomic mass is 9.71. The average molecular weight is 520 g/mol. The molecule has 0 saturated heterocycles. The van der Waals surface area contributed by atoms with Crippen LogP contribution < -0.4 is 14.7 Å². The Morgan fingerprint density at radius 3 is 2.49 bits per heavy atom. The normalized spacial score (nSPS) is 24.5. The Hall–Kier alpha value is -3.37. The van der Waals surface area contributed by atoms with Crippen molar-refractivity contribution in [1.82, 2.24) is 4.90 Å². The second-order valence-corrected chi connectivity index (χ2v) is 10.5. The van der Waals surface area contributed by atoms with E-state index in [1.807, 2.05) is 0 Å². The second-order valence-electron chi connectivity index (χ2n) is 8.29. The van der Waals surface area contributed by atoms with E-state index >= 15 is 4.39 Å². The van der Waals surface area contributed by atoms with Gasteiger partial charge in [0.05, 0.1) is 13.4 Å².